The number of hydrogen-bond acceptors (Lipinski definition) is 2. The van der Waals surface area contributed by atoms with Crippen LogP contribution in [0.1, 0.15) is 59.3 Å². The average molecular weight is 238 g/mol. The minimum atomic E-state index is 0.531. The zero-order valence-electron chi connectivity index (χ0n) is 12.0. The van der Waals surface area contributed by atoms with Crippen LogP contribution in [0.15, 0.2) is 0 Å². The fourth-order valence-electron chi connectivity index (χ4n) is 3.61. The van der Waals surface area contributed by atoms with Gasteiger partial charge in [0.2, 0.25) is 0 Å². The van der Waals surface area contributed by atoms with Crippen LogP contribution >= 0.6 is 0 Å². The van der Waals surface area contributed by atoms with E-state index in [1.54, 1.807) is 0 Å². The topological polar surface area (TPSA) is 15.3 Å². The predicted molar refractivity (Wildman–Crippen MR) is 74.3 cm³/mol. The fourth-order valence-corrected chi connectivity index (χ4v) is 3.61. The normalized spacial score (nSPS) is 29.3. The van der Waals surface area contributed by atoms with Crippen molar-refractivity contribution < 1.29 is 0 Å². The van der Waals surface area contributed by atoms with Crippen molar-refractivity contribution in [2.45, 2.75) is 70.9 Å². The zero-order chi connectivity index (χ0) is 12.3. The third-order valence-electron chi connectivity index (χ3n) is 4.69. The van der Waals surface area contributed by atoms with Gasteiger partial charge in [-0.15, -0.1) is 0 Å². The Kier molecular flexibility index (Phi) is 4.48. The lowest BCUT2D eigenvalue weighted by Gasteiger charge is -2.48. The van der Waals surface area contributed by atoms with Crippen LogP contribution in [0.25, 0.3) is 0 Å². The molecule has 0 bridgehead atoms. The molecule has 0 radical (unpaired) electrons. The smallest absolute Gasteiger partial charge is 0.0334 e. The van der Waals surface area contributed by atoms with Gasteiger partial charge in [-0.1, -0.05) is 26.7 Å². The summed E-state index contributed by atoms with van der Waals surface area (Å²) in [7, 11) is 0. The molecular formula is C15H30N2. The molecule has 1 unspecified atom stereocenters. The van der Waals surface area contributed by atoms with Crippen LogP contribution in [0.2, 0.25) is 0 Å². The van der Waals surface area contributed by atoms with Gasteiger partial charge in [0.25, 0.3) is 0 Å². The quantitative estimate of drug-likeness (QED) is 0.810. The molecule has 1 spiro atoms. The van der Waals surface area contributed by atoms with Gasteiger partial charge in [0, 0.05) is 24.7 Å². The number of nitrogens with zero attached hydrogens (tertiary/aromatic N) is 1. The van der Waals surface area contributed by atoms with Gasteiger partial charge in [0.05, 0.1) is 0 Å². The predicted octanol–water partition coefficient (Wildman–Crippen LogP) is 3.03. The maximum atomic E-state index is 3.70. The SMILES string of the molecule is CC(C)CCCN1CC(C)NCC12CCCC2. The number of rotatable bonds is 4. The van der Waals surface area contributed by atoms with Gasteiger partial charge >= 0.3 is 0 Å². The Balaban J connectivity index is 1.90. The van der Waals surface area contributed by atoms with Crippen molar-refractivity contribution >= 4 is 0 Å². The highest BCUT2D eigenvalue weighted by molar-refractivity contribution is 5.01. The second-order valence-corrected chi connectivity index (χ2v) is 6.70. The minimum Gasteiger partial charge on any atom is -0.311 e. The summed E-state index contributed by atoms with van der Waals surface area (Å²) >= 11 is 0. The van der Waals surface area contributed by atoms with Crippen LogP contribution in [-0.2, 0) is 0 Å². The maximum Gasteiger partial charge on any atom is 0.0334 e. The molecule has 17 heavy (non-hydrogen) atoms. The largest absolute Gasteiger partial charge is 0.311 e. The lowest BCUT2D eigenvalue weighted by Crippen LogP contribution is -2.62. The van der Waals surface area contributed by atoms with E-state index in [1.807, 2.05) is 0 Å². The van der Waals surface area contributed by atoms with Crippen molar-refractivity contribution in [3.8, 4) is 0 Å². The molecule has 0 aromatic carbocycles. The molecule has 1 aliphatic heterocycles. The molecule has 2 nitrogen and oxygen atoms in total. The molecule has 0 aromatic rings. The molecular weight excluding hydrogens is 208 g/mol. The standard InChI is InChI=1S/C15H30N2/c1-13(2)7-6-10-17-11-14(3)16-12-15(17)8-4-5-9-15/h13-14,16H,4-12H2,1-3H3. The molecule has 2 aliphatic rings. The van der Waals surface area contributed by atoms with Gasteiger partial charge in [-0.2, -0.15) is 0 Å². The number of piperazine rings is 1. The van der Waals surface area contributed by atoms with E-state index in [1.165, 1.54) is 58.2 Å². The Morgan fingerprint density at radius 1 is 1.29 bits per heavy atom. The monoisotopic (exact) mass is 238 g/mol. The van der Waals surface area contributed by atoms with Crippen LogP contribution in [0.5, 0.6) is 0 Å². The molecule has 1 heterocycles. The minimum absolute atomic E-state index is 0.531. The third kappa shape index (κ3) is 3.23. The van der Waals surface area contributed by atoms with E-state index < -0.39 is 0 Å². The summed E-state index contributed by atoms with van der Waals surface area (Å²) in [5.41, 5.74) is 0.531. The first-order chi connectivity index (χ1) is 8.12. The first-order valence-electron chi connectivity index (χ1n) is 7.61. The second-order valence-electron chi connectivity index (χ2n) is 6.70. The van der Waals surface area contributed by atoms with Crippen molar-refractivity contribution in [3.05, 3.63) is 0 Å². The van der Waals surface area contributed by atoms with Crippen LogP contribution in [0, 0.1) is 5.92 Å². The average Bonchev–Trinajstić information content (AvgIpc) is 2.73. The lowest BCUT2D eigenvalue weighted by atomic mass is 9.90. The second kappa shape index (κ2) is 5.71. The highest BCUT2D eigenvalue weighted by Crippen LogP contribution is 2.37. The summed E-state index contributed by atoms with van der Waals surface area (Å²) in [5.74, 6) is 0.856. The van der Waals surface area contributed by atoms with Gasteiger partial charge in [0.1, 0.15) is 0 Å². The van der Waals surface area contributed by atoms with Crippen LogP contribution in [0.3, 0.4) is 0 Å². The van der Waals surface area contributed by atoms with Gasteiger partial charge in [0.15, 0.2) is 0 Å². The summed E-state index contributed by atoms with van der Waals surface area (Å²) in [5, 5.41) is 3.70. The van der Waals surface area contributed by atoms with E-state index in [4.69, 9.17) is 0 Å². The van der Waals surface area contributed by atoms with Gasteiger partial charge in [-0.3, -0.25) is 4.90 Å². The Bertz CT molecular complexity index is 231. The van der Waals surface area contributed by atoms with Crippen LogP contribution in [-0.4, -0.2) is 36.1 Å². The maximum absolute atomic E-state index is 3.70. The van der Waals surface area contributed by atoms with E-state index >= 15 is 0 Å². The Morgan fingerprint density at radius 2 is 2.00 bits per heavy atom. The molecule has 1 saturated carbocycles. The van der Waals surface area contributed by atoms with E-state index in [0.29, 0.717) is 11.6 Å². The summed E-state index contributed by atoms with van der Waals surface area (Å²) in [6, 6.07) is 0.681. The highest BCUT2D eigenvalue weighted by Gasteiger charge is 2.42. The molecule has 2 heteroatoms. The van der Waals surface area contributed by atoms with Crippen molar-refractivity contribution in [1.82, 2.24) is 10.2 Å². The Labute approximate surface area is 107 Å². The lowest BCUT2D eigenvalue weighted by molar-refractivity contribution is 0.0444. The van der Waals surface area contributed by atoms with Crippen molar-refractivity contribution in [2.75, 3.05) is 19.6 Å². The van der Waals surface area contributed by atoms with Gasteiger partial charge < -0.3 is 5.32 Å². The molecule has 1 aliphatic carbocycles. The first-order valence-corrected chi connectivity index (χ1v) is 7.61. The molecule has 1 N–H and O–H groups in total. The zero-order valence-corrected chi connectivity index (χ0v) is 12.0. The van der Waals surface area contributed by atoms with Crippen molar-refractivity contribution in [2.24, 2.45) is 5.92 Å². The van der Waals surface area contributed by atoms with Crippen LogP contribution in [0.4, 0.5) is 0 Å². The number of hydrogen-bond donors (Lipinski definition) is 1. The Hall–Kier alpha value is -0.0800. The summed E-state index contributed by atoms with van der Waals surface area (Å²) in [6.45, 7) is 10.8. The van der Waals surface area contributed by atoms with E-state index in [-0.39, 0.29) is 0 Å². The first kappa shape index (κ1) is 13.4. The van der Waals surface area contributed by atoms with E-state index in [9.17, 15) is 0 Å². The third-order valence-corrected chi connectivity index (χ3v) is 4.69. The summed E-state index contributed by atoms with van der Waals surface area (Å²) < 4.78 is 0. The van der Waals surface area contributed by atoms with Gasteiger partial charge in [-0.25, -0.2) is 0 Å². The number of nitrogens with one attached hydrogen (secondary N) is 1. The molecule has 2 fully saturated rings. The summed E-state index contributed by atoms with van der Waals surface area (Å²) in [4.78, 5) is 2.82. The van der Waals surface area contributed by atoms with Crippen LogP contribution < -0.4 is 5.32 Å². The van der Waals surface area contributed by atoms with E-state index in [2.05, 4.69) is 31.0 Å². The van der Waals surface area contributed by atoms with E-state index in [0.717, 1.165) is 5.92 Å². The Morgan fingerprint density at radius 3 is 2.65 bits per heavy atom. The highest BCUT2D eigenvalue weighted by atomic mass is 15.3. The molecule has 0 aromatic heterocycles. The molecule has 1 atom stereocenters. The van der Waals surface area contributed by atoms with Crippen molar-refractivity contribution in [3.63, 3.8) is 0 Å². The van der Waals surface area contributed by atoms with Crippen molar-refractivity contribution in [1.29, 1.82) is 0 Å². The molecule has 100 valence electrons. The molecule has 2 rings (SSSR count). The molecule has 0 amide bonds. The molecule has 1 saturated heterocycles. The summed E-state index contributed by atoms with van der Waals surface area (Å²) in [6.07, 6.45) is 8.50. The van der Waals surface area contributed by atoms with Gasteiger partial charge in [-0.05, 0) is 45.1 Å². The fraction of sp³-hybridized carbons (Fsp3) is 1.00.